The van der Waals surface area contributed by atoms with E-state index in [2.05, 4.69) is 0 Å². The van der Waals surface area contributed by atoms with Crippen molar-refractivity contribution in [2.24, 2.45) is 5.14 Å². The molecule has 4 N–H and O–H groups in total. The van der Waals surface area contributed by atoms with E-state index in [4.69, 9.17) is 25.6 Å². The van der Waals surface area contributed by atoms with E-state index in [-0.39, 0.29) is 22.4 Å². The number of fused-ring (bicyclic) bond motifs is 2. The van der Waals surface area contributed by atoms with Gasteiger partial charge in [-0.2, -0.15) is 0 Å². The Morgan fingerprint density at radius 1 is 1.00 bits per heavy atom. The number of nitrogens with zero attached hydrogens (tertiary/aromatic N) is 3. The third-order valence-corrected chi connectivity index (χ3v) is 7.43. The molecule has 2 aromatic heterocycles. The first-order chi connectivity index (χ1) is 16.8. The molecule has 0 atom stereocenters. The number of ether oxygens (including phenoxy) is 1. The third-order valence-electron chi connectivity index (χ3n) is 6.50. The molecular weight excluding hydrogens is 466 g/mol. The van der Waals surface area contributed by atoms with Gasteiger partial charge in [-0.05, 0) is 61.9 Å². The Morgan fingerprint density at radius 3 is 2.31 bits per heavy atom. The van der Waals surface area contributed by atoms with Crippen LogP contribution < -0.4 is 10.9 Å². The maximum absolute atomic E-state index is 13.3. The van der Waals surface area contributed by atoms with Crippen LogP contribution in [0.25, 0.3) is 22.2 Å². The lowest BCUT2D eigenvalue weighted by molar-refractivity contribution is 0.0214. The van der Waals surface area contributed by atoms with Gasteiger partial charge in [0.2, 0.25) is 10.0 Å². The number of aryl methyl sites for hydroxylation is 2. The fourth-order valence-electron chi connectivity index (χ4n) is 4.62. The Balaban J connectivity index is 1.51. The van der Waals surface area contributed by atoms with E-state index < -0.39 is 16.0 Å². The van der Waals surface area contributed by atoms with Crippen LogP contribution in [-0.2, 0) is 27.7 Å². The zero-order chi connectivity index (χ0) is 24.6. The summed E-state index contributed by atoms with van der Waals surface area (Å²) >= 11 is 0. The molecular formula is C25H27N5O4S. The highest BCUT2D eigenvalue weighted by atomic mass is 32.2. The number of aromatic nitrogens is 3. The number of hydrogen-bond donors (Lipinski definition) is 2. The van der Waals surface area contributed by atoms with Gasteiger partial charge in [0, 0.05) is 6.54 Å². The quantitative estimate of drug-likeness (QED) is 0.391. The lowest BCUT2D eigenvalue weighted by atomic mass is 9.98. The van der Waals surface area contributed by atoms with Crippen LogP contribution in [0.1, 0.15) is 48.0 Å². The van der Waals surface area contributed by atoms with E-state index in [1.807, 2.05) is 24.3 Å². The summed E-state index contributed by atoms with van der Waals surface area (Å²) in [5.74, 6) is -0.211. The van der Waals surface area contributed by atoms with Crippen molar-refractivity contribution in [2.45, 2.75) is 56.1 Å². The summed E-state index contributed by atoms with van der Waals surface area (Å²) in [5, 5.41) is 5.19. The first-order valence-corrected chi connectivity index (χ1v) is 13.2. The van der Waals surface area contributed by atoms with Gasteiger partial charge >= 0.3 is 5.97 Å². The van der Waals surface area contributed by atoms with Crippen LogP contribution in [0, 0.1) is 0 Å². The van der Waals surface area contributed by atoms with E-state index in [9.17, 15) is 13.2 Å². The van der Waals surface area contributed by atoms with Crippen molar-refractivity contribution in [3.8, 4) is 0 Å². The minimum atomic E-state index is -3.76. The summed E-state index contributed by atoms with van der Waals surface area (Å²) in [5.41, 5.74) is 9.95. The van der Waals surface area contributed by atoms with Gasteiger partial charge in [0.25, 0.3) is 0 Å². The Hall–Kier alpha value is -3.50. The first-order valence-electron chi connectivity index (χ1n) is 11.7. The molecule has 0 bridgehead atoms. The van der Waals surface area contributed by atoms with Crippen molar-refractivity contribution in [3.63, 3.8) is 0 Å². The van der Waals surface area contributed by atoms with Crippen LogP contribution in [0.5, 0.6) is 0 Å². The highest BCUT2D eigenvalue weighted by Gasteiger charge is 2.27. The van der Waals surface area contributed by atoms with Crippen molar-refractivity contribution < 1.29 is 17.9 Å². The molecule has 1 saturated carbocycles. The Morgan fingerprint density at radius 2 is 1.66 bits per heavy atom. The number of benzene rings is 2. The van der Waals surface area contributed by atoms with E-state index in [1.165, 1.54) is 12.1 Å². The average Bonchev–Trinajstić information content (AvgIpc) is 3.11. The number of carbonyl (C=O) groups is 1. The van der Waals surface area contributed by atoms with Crippen LogP contribution in [0.3, 0.4) is 0 Å². The van der Waals surface area contributed by atoms with Gasteiger partial charge < -0.3 is 15.0 Å². The molecule has 0 radical (unpaired) electrons. The van der Waals surface area contributed by atoms with Gasteiger partial charge in [0.1, 0.15) is 23.0 Å². The molecule has 0 saturated heterocycles. The van der Waals surface area contributed by atoms with Gasteiger partial charge in [-0.3, -0.25) is 0 Å². The second kappa shape index (κ2) is 9.27. The van der Waals surface area contributed by atoms with Crippen LogP contribution in [0.2, 0.25) is 0 Å². The highest BCUT2D eigenvalue weighted by Crippen LogP contribution is 2.30. The minimum absolute atomic E-state index is 0.0530. The van der Waals surface area contributed by atoms with E-state index in [0.29, 0.717) is 35.2 Å². The van der Waals surface area contributed by atoms with E-state index in [1.54, 1.807) is 16.7 Å². The number of carbonyl (C=O) groups excluding carboxylic acids is 1. The van der Waals surface area contributed by atoms with Crippen molar-refractivity contribution in [1.29, 1.82) is 0 Å². The largest absolute Gasteiger partial charge is 0.459 e. The highest BCUT2D eigenvalue weighted by molar-refractivity contribution is 7.89. The van der Waals surface area contributed by atoms with Crippen LogP contribution in [0.15, 0.2) is 53.4 Å². The first kappa shape index (κ1) is 23.3. The maximum atomic E-state index is 13.3. The monoisotopic (exact) mass is 493 g/mol. The van der Waals surface area contributed by atoms with Gasteiger partial charge in [-0.1, -0.05) is 30.7 Å². The molecule has 0 amide bonds. The van der Waals surface area contributed by atoms with Crippen molar-refractivity contribution >= 4 is 44.0 Å². The number of nitrogens with two attached hydrogens (primary N) is 2. The summed E-state index contributed by atoms with van der Waals surface area (Å²) in [7, 11) is -3.76. The van der Waals surface area contributed by atoms with Crippen LogP contribution >= 0.6 is 0 Å². The van der Waals surface area contributed by atoms with Crippen LogP contribution in [0.4, 0.5) is 5.82 Å². The molecule has 2 heterocycles. The molecule has 182 valence electrons. The molecule has 2 aromatic carbocycles. The fourth-order valence-corrected chi connectivity index (χ4v) is 5.14. The van der Waals surface area contributed by atoms with Gasteiger partial charge in [0.05, 0.1) is 15.9 Å². The van der Waals surface area contributed by atoms with Gasteiger partial charge in [-0.25, -0.2) is 28.3 Å². The summed E-state index contributed by atoms with van der Waals surface area (Å²) < 4.78 is 30.7. The molecule has 0 aliphatic heterocycles. The topological polar surface area (TPSA) is 143 Å². The Kier molecular flexibility index (Phi) is 6.16. The number of para-hydroxylation sites is 2. The third kappa shape index (κ3) is 4.71. The van der Waals surface area contributed by atoms with Gasteiger partial charge in [-0.15, -0.1) is 0 Å². The van der Waals surface area contributed by atoms with Gasteiger partial charge in [0.15, 0.2) is 5.65 Å². The zero-order valence-corrected chi connectivity index (χ0v) is 20.0. The maximum Gasteiger partial charge on any atom is 0.344 e. The number of nitrogen functional groups attached to an aromatic ring is 1. The Bertz CT molecular complexity index is 1510. The SMILES string of the molecule is Nc1c(C(=O)OC2CCCCC2)c2nc3ccccc3nc2n1CCc1ccc(S(N)(=O)=O)cc1. The normalized spacial score (nSPS) is 15.0. The molecule has 1 fully saturated rings. The summed E-state index contributed by atoms with van der Waals surface area (Å²) in [6.07, 6.45) is 5.38. The van der Waals surface area contributed by atoms with E-state index >= 15 is 0 Å². The second-order valence-corrected chi connectivity index (χ2v) is 10.5. The number of hydrogen-bond acceptors (Lipinski definition) is 7. The lowest BCUT2D eigenvalue weighted by Crippen LogP contribution is -2.21. The fraction of sp³-hybridized carbons (Fsp3) is 0.320. The molecule has 9 nitrogen and oxygen atoms in total. The number of esters is 1. The van der Waals surface area contributed by atoms with Crippen molar-refractivity contribution in [1.82, 2.24) is 14.5 Å². The van der Waals surface area contributed by atoms with Crippen molar-refractivity contribution in [2.75, 3.05) is 5.73 Å². The summed E-state index contributed by atoms with van der Waals surface area (Å²) in [4.78, 5) is 22.8. The summed E-state index contributed by atoms with van der Waals surface area (Å²) in [6.45, 7) is 0.417. The smallest absolute Gasteiger partial charge is 0.344 e. The number of sulfonamides is 1. The lowest BCUT2D eigenvalue weighted by Gasteiger charge is -2.21. The molecule has 1 aliphatic rings. The zero-order valence-electron chi connectivity index (χ0n) is 19.2. The minimum Gasteiger partial charge on any atom is -0.459 e. The van der Waals surface area contributed by atoms with E-state index in [0.717, 1.165) is 37.7 Å². The molecule has 10 heteroatoms. The molecule has 4 aromatic rings. The predicted molar refractivity (Wildman–Crippen MR) is 133 cm³/mol. The molecule has 35 heavy (non-hydrogen) atoms. The molecule has 5 rings (SSSR count). The number of rotatable bonds is 6. The molecule has 0 spiro atoms. The van der Waals surface area contributed by atoms with Crippen LogP contribution in [-0.4, -0.2) is 35.0 Å². The molecule has 1 aliphatic carbocycles. The standard InChI is InChI=1S/C25H27N5O4S/c26-23-21(25(31)34-17-6-2-1-3-7-17)22-24(29-20-9-5-4-8-19(20)28-22)30(23)15-14-16-10-12-18(13-11-16)35(27,32)33/h4-5,8-13,17H,1-3,6-7,14-15,26H2,(H2,27,32,33). The second-order valence-electron chi connectivity index (χ2n) is 8.90. The summed E-state index contributed by atoms with van der Waals surface area (Å²) in [6, 6.07) is 13.8. The predicted octanol–water partition coefficient (Wildman–Crippen LogP) is 3.55. The Labute approximate surface area is 203 Å². The number of primary sulfonamides is 1. The average molecular weight is 494 g/mol. The molecule has 0 unspecified atom stereocenters. The van der Waals surface area contributed by atoms with Crippen molar-refractivity contribution in [3.05, 3.63) is 59.7 Å². The number of anilines is 1.